The van der Waals surface area contributed by atoms with Crippen LogP contribution in [0.15, 0.2) is 30.5 Å². The largest absolute Gasteiger partial charge is 0.350 e. The zero-order valence-corrected chi connectivity index (χ0v) is 7.99. The minimum Gasteiger partial charge on any atom is -0.350 e. The van der Waals surface area contributed by atoms with E-state index in [4.69, 9.17) is 5.73 Å². The Morgan fingerprint density at radius 3 is 2.77 bits per heavy atom. The van der Waals surface area contributed by atoms with E-state index in [-0.39, 0.29) is 6.04 Å². The van der Waals surface area contributed by atoms with E-state index < -0.39 is 0 Å². The van der Waals surface area contributed by atoms with Crippen LogP contribution >= 0.6 is 0 Å². The van der Waals surface area contributed by atoms with E-state index >= 15 is 0 Å². The Hall–Kier alpha value is -1.28. The lowest BCUT2D eigenvalue weighted by Gasteiger charge is -2.09. The summed E-state index contributed by atoms with van der Waals surface area (Å²) in [5.41, 5.74) is 8.36. The second-order valence-corrected chi connectivity index (χ2v) is 3.50. The number of fused-ring (bicyclic) bond motifs is 1. The van der Waals surface area contributed by atoms with Crippen molar-refractivity contribution in [1.29, 1.82) is 0 Å². The van der Waals surface area contributed by atoms with Crippen LogP contribution in [0.3, 0.4) is 0 Å². The smallest absolute Gasteiger partial charge is 0.0525 e. The number of nitrogens with zero attached hydrogens (tertiary/aromatic N) is 1. The van der Waals surface area contributed by atoms with Crippen LogP contribution in [0.4, 0.5) is 0 Å². The molecule has 0 bridgehead atoms. The summed E-state index contributed by atoms with van der Waals surface area (Å²) in [5, 5.41) is 1.26. The second kappa shape index (κ2) is 2.89. The van der Waals surface area contributed by atoms with Gasteiger partial charge < -0.3 is 10.3 Å². The summed E-state index contributed by atoms with van der Waals surface area (Å²) in [6.45, 7) is 2.02. The first-order valence-corrected chi connectivity index (χ1v) is 4.49. The number of aryl methyl sites for hydroxylation is 1. The Labute approximate surface area is 78.0 Å². The molecular formula is C11H14N2. The number of para-hydroxylation sites is 1. The summed E-state index contributed by atoms with van der Waals surface area (Å²) in [6, 6.07) is 8.47. The molecule has 1 atom stereocenters. The third kappa shape index (κ3) is 1.23. The van der Waals surface area contributed by atoms with Gasteiger partial charge in [0, 0.05) is 19.3 Å². The highest BCUT2D eigenvalue weighted by molar-refractivity contribution is 5.83. The molecule has 0 amide bonds. The van der Waals surface area contributed by atoms with Crippen LogP contribution in [0.5, 0.6) is 0 Å². The summed E-state index contributed by atoms with van der Waals surface area (Å²) in [5.74, 6) is 0. The summed E-state index contributed by atoms with van der Waals surface area (Å²) in [6.07, 6.45) is 2.07. The fraction of sp³-hybridized carbons (Fsp3) is 0.273. The van der Waals surface area contributed by atoms with Crippen LogP contribution in [0.2, 0.25) is 0 Å². The first-order chi connectivity index (χ1) is 6.20. The highest BCUT2D eigenvalue weighted by Gasteiger charge is 2.06. The van der Waals surface area contributed by atoms with Gasteiger partial charge in [-0.3, -0.25) is 0 Å². The van der Waals surface area contributed by atoms with Gasteiger partial charge in [-0.15, -0.1) is 0 Å². The minimum atomic E-state index is 0.0947. The van der Waals surface area contributed by atoms with Gasteiger partial charge in [0.25, 0.3) is 0 Å². The van der Waals surface area contributed by atoms with Crippen molar-refractivity contribution in [1.82, 2.24) is 4.57 Å². The summed E-state index contributed by atoms with van der Waals surface area (Å²) in [7, 11) is 2.05. The highest BCUT2D eigenvalue weighted by Crippen LogP contribution is 2.23. The van der Waals surface area contributed by atoms with Crippen molar-refractivity contribution >= 4 is 10.9 Å². The van der Waals surface area contributed by atoms with Gasteiger partial charge in [-0.2, -0.15) is 0 Å². The van der Waals surface area contributed by atoms with E-state index in [1.165, 1.54) is 16.5 Å². The standard InChI is InChI=1S/C11H14N2/c1-8(12)10-5-3-4-9-6-7-13(2)11(9)10/h3-8H,12H2,1-2H3/t8-/m1/s1. The van der Waals surface area contributed by atoms with Gasteiger partial charge in [0.2, 0.25) is 0 Å². The molecule has 13 heavy (non-hydrogen) atoms. The molecule has 0 aliphatic heterocycles. The van der Waals surface area contributed by atoms with Crippen LogP contribution in [-0.4, -0.2) is 4.57 Å². The zero-order chi connectivity index (χ0) is 9.42. The van der Waals surface area contributed by atoms with Gasteiger partial charge in [-0.05, 0) is 23.9 Å². The molecule has 1 aromatic heterocycles. The Balaban J connectivity index is 2.80. The first-order valence-electron chi connectivity index (χ1n) is 4.49. The summed E-state index contributed by atoms with van der Waals surface area (Å²) in [4.78, 5) is 0. The molecule has 2 aromatic rings. The van der Waals surface area contributed by atoms with Crippen LogP contribution in [-0.2, 0) is 7.05 Å². The Bertz CT molecular complexity index is 427. The topological polar surface area (TPSA) is 30.9 Å². The lowest BCUT2D eigenvalue weighted by Crippen LogP contribution is -2.06. The van der Waals surface area contributed by atoms with Crippen molar-refractivity contribution in [2.24, 2.45) is 12.8 Å². The lowest BCUT2D eigenvalue weighted by molar-refractivity contribution is 0.814. The van der Waals surface area contributed by atoms with E-state index in [1.807, 2.05) is 14.0 Å². The lowest BCUT2D eigenvalue weighted by atomic mass is 10.1. The second-order valence-electron chi connectivity index (χ2n) is 3.50. The molecule has 0 spiro atoms. The number of aromatic nitrogens is 1. The molecule has 0 saturated carbocycles. The molecular weight excluding hydrogens is 160 g/mol. The van der Waals surface area contributed by atoms with E-state index in [0.717, 1.165) is 0 Å². The average Bonchev–Trinajstić information content (AvgIpc) is 2.48. The minimum absolute atomic E-state index is 0.0947. The fourth-order valence-corrected chi connectivity index (χ4v) is 1.76. The molecule has 0 unspecified atom stereocenters. The number of rotatable bonds is 1. The van der Waals surface area contributed by atoms with E-state index in [2.05, 4.69) is 35.0 Å². The van der Waals surface area contributed by atoms with Gasteiger partial charge in [-0.25, -0.2) is 0 Å². The molecule has 1 aromatic carbocycles. The SMILES string of the molecule is C[C@@H](N)c1cccc2ccn(C)c12. The Kier molecular flexibility index (Phi) is 1.85. The average molecular weight is 174 g/mol. The molecule has 2 nitrogen and oxygen atoms in total. The van der Waals surface area contributed by atoms with Crippen molar-refractivity contribution in [3.63, 3.8) is 0 Å². The summed E-state index contributed by atoms with van der Waals surface area (Å²) >= 11 is 0. The van der Waals surface area contributed by atoms with Gasteiger partial charge >= 0.3 is 0 Å². The van der Waals surface area contributed by atoms with Gasteiger partial charge in [0.1, 0.15) is 0 Å². The zero-order valence-electron chi connectivity index (χ0n) is 7.99. The maximum atomic E-state index is 5.89. The maximum absolute atomic E-state index is 5.89. The third-order valence-corrected chi connectivity index (χ3v) is 2.42. The molecule has 2 heteroatoms. The van der Waals surface area contributed by atoms with Crippen LogP contribution < -0.4 is 5.73 Å². The van der Waals surface area contributed by atoms with Crippen LogP contribution in [0, 0.1) is 0 Å². The molecule has 0 fully saturated rings. The van der Waals surface area contributed by atoms with E-state index in [1.54, 1.807) is 0 Å². The molecule has 0 saturated heterocycles. The van der Waals surface area contributed by atoms with Gasteiger partial charge in [0.15, 0.2) is 0 Å². The van der Waals surface area contributed by atoms with E-state index in [9.17, 15) is 0 Å². The molecule has 68 valence electrons. The van der Waals surface area contributed by atoms with Gasteiger partial charge in [0.05, 0.1) is 5.52 Å². The van der Waals surface area contributed by atoms with Crippen molar-refractivity contribution in [3.05, 3.63) is 36.0 Å². The molecule has 2 N–H and O–H groups in total. The predicted molar refractivity (Wildman–Crippen MR) is 55.5 cm³/mol. The highest BCUT2D eigenvalue weighted by atomic mass is 14.9. The maximum Gasteiger partial charge on any atom is 0.0525 e. The monoisotopic (exact) mass is 174 g/mol. The Morgan fingerprint density at radius 1 is 1.31 bits per heavy atom. The number of hydrogen-bond donors (Lipinski definition) is 1. The molecule has 0 aliphatic carbocycles. The fourth-order valence-electron chi connectivity index (χ4n) is 1.76. The normalized spacial score (nSPS) is 13.5. The van der Waals surface area contributed by atoms with Crippen LogP contribution in [0.1, 0.15) is 18.5 Å². The molecule has 0 aliphatic rings. The number of benzene rings is 1. The van der Waals surface area contributed by atoms with Crippen molar-refractivity contribution in [3.8, 4) is 0 Å². The van der Waals surface area contributed by atoms with E-state index in [0.29, 0.717) is 0 Å². The molecule has 1 heterocycles. The van der Waals surface area contributed by atoms with Crippen molar-refractivity contribution in [2.45, 2.75) is 13.0 Å². The molecule has 0 radical (unpaired) electrons. The Morgan fingerprint density at radius 2 is 2.08 bits per heavy atom. The third-order valence-electron chi connectivity index (χ3n) is 2.42. The summed E-state index contributed by atoms with van der Waals surface area (Å²) < 4.78 is 2.12. The number of nitrogens with two attached hydrogens (primary N) is 1. The predicted octanol–water partition coefficient (Wildman–Crippen LogP) is 2.20. The van der Waals surface area contributed by atoms with Gasteiger partial charge in [-0.1, -0.05) is 18.2 Å². The van der Waals surface area contributed by atoms with Crippen molar-refractivity contribution < 1.29 is 0 Å². The van der Waals surface area contributed by atoms with Crippen LogP contribution in [0.25, 0.3) is 10.9 Å². The molecule has 2 rings (SSSR count). The van der Waals surface area contributed by atoms with Crippen molar-refractivity contribution in [2.75, 3.05) is 0 Å². The number of hydrogen-bond acceptors (Lipinski definition) is 1. The quantitative estimate of drug-likeness (QED) is 0.706. The first kappa shape index (κ1) is 8.32.